The van der Waals surface area contributed by atoms with Crippen molar-refractivity contribution in [2.45, 2.75) is 76.7 Å². The third-order valence-corrected chi connectivity index (χ3v) is 9.05. The quantitative estimate of drug-likeness (QED) is 0.489. The zero-order valence-corrected chi connectivity index (χ0v) is 20.0. The number of halogens is 3. The number of allylic oxidation sites excluding steroid dienone is 3. The molecule has 1 saturated carbocycles. The van der Waals surface area contributed by atoms with Crippen molar-refractivity contribution in [2.24, 2.45) is 17.3 Å². The van der Waals surface area contributed by atoms with E-state index in [1.165, 1.54) is 0 Å². The van der Waals surface area contributed by atoms with E-state index in [0.29, 0.717) is 49.1 Å². The Hall–Kier alpha value is -2.38. The summed E-state index contributed by atoms with van der Waals surface area (Å²) in [5, 5.41) is 22.4. The molecule has 6 rings (SSSR count). The number of aryl methyl sites for hydroxylation is 1. The van der Waals surface area contributed by atoms with Gasteiger partial charge in [-0.15, -0.1) is 0 Å². The first kappa shape index (κ1) is 23.0. The molecule has 4 unspecified atom stereocenters. The molecular weight excluding hydrogens is 455 g/mol. The molecule has 1 aromatic carbocycles. The van der Waals surface area contributed by atoms with Crippen molar-refractivity contribution >= 4 is 16.7 Å². The summed E-state index contributed by atoms with van der Waals surface area (Å²) in [4.78, 5) is 4.40. The maximum atomic E-state index is 14.6. The Morgan fingerprint density at radius 3 is 2.74 bits per heavy atom. The van der Waals surface area contributed by atoms with Gasteiger partial charge in [0, 0.05) is 23.8 Å². The van der Waals surface area contributed by atoms with E-state index in [0.717, 1.165) is 23.1 Å². The molecule has 7 heteroatoms. The van der Waals surface area contributed by atoms with Crippen LogP contribution in [-0.4, -0.2) is 33.1 Å². The molecule has 0 amide bonds. The van der Waals surface area contributed by atoms with Crippen molar-refractivity contribution in [1.82, 2.24) is 4.98 Å². The molecule has 1 fully saturated rings. The molecule has 4 aliphatic rings. The molecule has 4 aliphatic carbocycles. The van der Waals surface area contributed by atoms with Crippen LogP contribution in [0.1, 0.15) is 63.3 Å². The molecule has 2 N–H and O–H groups in total. The van der Waals surface area contributed by atoms with E-state index in [-0.39, 0.29) is 23.8 Å². The highest BCUT2D eigenvalue weighted by Crippen LogP contribution is 2.64. The van der Waals surface area contributed by atoms with Crippen LogP contribution in [0.2, 0.25) is 0 Å². The number of fused-ring (bicyclic) bond motifs is 5. The zero-order valence-electron chi connectivity index (χ0n) is 20.0. The standard InChI is InChI=1S/C28H30F3NO3/c1-15-32-23-13-17(4-7-24(23)35-15)20-6-8-25-26(20,2)14-22(28(29,30)31)21-12-18-11-19(33)5-3-16(18)9-10-27(21,25)34/h4,6-7,12-13,16,19,25,33-34H,3,5,8-11,14H2,1-2H3/t16?,19?,25?,26?,27-/m1/s1. The number of hydrogen-bond donors (Lipinski definition) is 2. The number of benzene rings is 1. The predicted molar refractivity (Wildman–Crippen MR) is 126 cm³/mol. The van der Waals surface area contributed by atoms with E-state index in [1.807, 2.05) is 31.2 Å². The van der Waals surface area contributed by atoms with Gasteiger partial charge in [-0.25, -0.2) is 4.98 Å². The first-order valence-corrected chi connectivity index (χ1v) is 12.5. The minimum absolute atomic E-state index is 0.0382. The van der Waals surface area contributed by atoms with E-state index < -0.39 is 28.9 Å². The first-order valence-electron chi connectivity index (χ1n) is 12.5. The maximum absolute atomic E-state index is 14.6. The van der Waals surface area contributed by atoms with Crippen LogP contribution in [0.5, 0.6) is 0 Å². The van der Waals surface area contributed by atoms with Gasteiger partial charge in [-0.1, -0.05) is 30.7 Å². The predicted octanol–water partition coefficient (Wildman–Crippen LogP) is 6.42. The van der Waals surface area contributed by atoms with Gasteiger partial charge in [0.15, 0.2) is 11.5 Å². The van der Waals surface area contributed by atoms with Gasteiger partial charge in [0.25, 0.3) is 0 Å². The maximum Gasteiger partial charge on any atom is 0.413 e. The lowest BCUT2D eigenvalue weighted by molar-refractivity contribution is -0.113. The summed E-state index contributed by atoms with van der Waals surface area (Å²) in [5.41, 5.74) is 0.816. The fourth-order valence-corrected chi connectivity index (χ4v) is 7.41. The van der Waals surface area contributed by atoms with E-state index in [4.69, 9.17) is 4.42 Å². The molecule has 1 heterocycles. The van der Waals surface area contributed by atoms with E-state index in [9.17, 15) is 23.4 Å². The summed E-state index contributed by atoms with van der Waals surface area (Å²) < 4.78 is 49.4. The van der Waals surface area contributed by atoms with Crippen molar-refractivity contribution in [2.75, 3.05) is 0 Å². The molecule has 0 bridgehead atoms. The molecule has 1 aromatic heterocycles. The van der Waals surface area contributed by atoms with Crippen LogP contribution >= 0.6 is 0 Å². The number of nitrogens with zero attached hydrogens (tertiary/aromatic N) is 1. The molecule has 5 atom stereocenters. The van der Waals surface area contributed by atoms with Crippen LogP contribution in [0.15, 0.2) is 51.5 Å². The minimum Gasteiger partial charge on any atom is -0.441 e. The Balaban J connectivity index is 1.48. The highest BCUT2D eigenvalue weighted by Gasteiger charge is 2.60. The summed E-state index contributed by atoms with van der Waals surface area (Å²) >= 11 is 0. The Bertz CT molecular complexity index is 1300. The second kappa shape index (κ2) is 7.56. The Morgan fingerprint density at radius 2 is 1.97 bits per heavy atom. The van der Waals surface area contributed by atoms with Crippen molar-refractivity contribution in [1.29, 1.82) is 0 Å². The van der Waals surface area contributed by atoms with Gasteiger partial charge < -0.3 is 14.6 Å². The van der Waals surface area contributed by atoms with Gasteiger partial charge >= 0.3 is 6.18 Å². The van der Waals surface area contributed by atoms with Crippen LogP contribution in [0.25, 0.3) is 16.7 Å². The molecule has 186 valence electrons. The number of aliphatic hydroxyl groups excluding tert-OH is 1. The topological polar surface area (TPSA) is 66.5 Å². The smallest absolute Gasteiger partial charge is 0.413 e. The minimum atomic E-state index is -4.55. The average molecular weight is 486 g/mol. The number of oxazole rings is 1. The second-order valence-electron chi connectivity index (χ2n) is 11.1. The number of aromatic nitrogens is 1. The number of alkyl halides is 3. The highest BCUT2D eigenvalue weighted by atomic mass is 19.4. The summed E-state index contributed by atoms with van der Waals surface area (Å²) in [6.07, 6.45) is 1.61. The molecule has 35 heavy (non-hydrogen) atoms. The number of rotatable bonds is 1. The SMILES string of the molecule is Cc1nc2cc(C3=CCC4C3(C)CC(C(F)(F)F)=C3C=C5CC(O)CCC5CC[C@@]34O)ccc2o1. The van der Waals surface area contributed by atoms with Crippen LogP contribution in [0.3, 0.4) is 0 Å². The van der Waals surface area contributed by atoms with Crippen LogP contribution in [0, 0.1) is 24.2 Å². The van der Waals surface area contributed by atoms with Gasteiger partial charge in [-0.2, -0.15) is 13.2 Å². The van der Waals surface area contributed by atoms with Crippen LogP contribution < -0.4 is 0 Å². The third-order valence-electron chi connectivity index (χ3n) is 9.05. The lowest BCUT2D eigenvalue weighted by atomic mass is 9.56. The Morgan fingerprint density at radius 1 is 1.17 bits per heavy atom. The summed E-state index contributed by atoms with van der Waals surface area (Å²) in [6.45, 7) is 3.64. The molecule has 4 nitrogen and oxygen atoms in total. The lowest BCUT2D eigenvalue weighted by Crippen LogP contribution is -2.51. The van der Waals surface area contributed by atoms with Crippen molar-refractivity contribution in [3.05, 3.63) is 58.5 Å². The summed E-state index contributed by atoms with van der Waals surface area (Å²) in [6, 6.07) is 5.58. The van der Waals surface area contributed by atoms with E-state index >= 15 is 0 Å². The van der Waals surface area contributed by atoms with Crippen molar-refractivity contribution < 1.29 is 27.8 Å². The van der Waals surface area contributed by atoms with Gasteiger partial charge in [0.05, 0.1) is 11.7 Å². The fraction of sp³-hybridized carbons (Fsp3) is 0.536. The molecular formula is C28H30F3NO3. The zero-order chi connectivity index (χ0) is 24.8. The average Bonchev–Trinajstić information content (AvgIpc) is 3.28. The van der Waals surface area contributed by atoms with Crippen molar-refractivity contribution in [3.63, 3.8) is 0 Å². The van der Waals surface area contributed by atoms with Gasteiger partial charge in [-0.3, -0.25) is 0 Å². The van der Waals surface area contributed by atoms with Gasteiger partial charge in [-0.05, 0) is 79.7 Å². The number of aliphatic hydroxyl groups is 2. The highest BCUT2D eigenvalue weighted by molar-refractivity contribution is 5.82. The van der Waals surface area contributed by atoms with Crippen LogP contribution in [0.4, 0.5) is 13.2 Å². The molecule has 0 aliphatic heterocycles. The summed E-state index contributed by atoms with van der Waals surface area (Å²) in [5.74, 6) is 0.300. The lowest BCUT2D eigenvalue weighted by Gasteiger charge is -2.50. The third kappa shape index (κ3) is 3.45. The Labute approximate surface area is 202 Å². The number of hydrogen-bond acceptors (Lipinski definition) is 4. The largest absolute Gasteiger partial charge is 0.441 e. The monoisotopic (exact) mass is 485 g/mol. The van der Waals surface area contributed by atoms with Crippen LogP contribution in [-0.2, 0) is 0 Å². The molecule has 0 spiro atoms. The van der Waals surface area contributed by atoms with Gasteiger partial charge in [0.1, 0.15) is 5.52 Å². The second-order valence-corrected chi connectivity index (χ2v) is 11.1. The first-order chi connectivity index (χ1) is 16.5. The van der Waals surface area contributed by atoms with E-state index in [2.05, 4.69) is 4.98 Å². The van der Waals surface area contributed by atoms with Crippen molar-refractivity contribution in [3.8, 4) is 0 Å². The molecule has 0 saturated heterocycles. The fourth-order valence-electron chi connectivity index (χ4n) is 7.41. The van der Waals surface area contributed by atoms with Gasteiger partial charge in [0.2, 0.25) is 0 Å². The normalized spacial score (nSPS) is 35.2. The Kier molecular flexibility index (Phi) is 4.98. The summed E-state index contributed by atoms with van der Waals surface area (Å²) in [7, 11) is 0. The molecule has 0 radical (unpaired) electrons. The van der Waals surface area contributed by atoms with E-state index in [1.54, 1.807) is 13.0 Å². The molecule has 2 aromatic rings.